The SMILES string of the molecule is CCn1c[n+](Cc2ccccc2Cl)cn1.[Cl-]. The number of halogens is 2. The molecule has 0 radical (unpaired) electrons. The summed E-state index contributed by atoms with van der Waals surface area (Å²) < 4.78 is 3.90. The smallest absolute Gasteiger partial charge is 0.265 e. The highest BCUT2D eigenvalue weighted by molar-refractivity contribution is 6.31. The lowest BCUT2D eigenvalue weighted by Gasteiger charge is -2.00. The van der Waals surface area contributed by atoms with Crippen molar-refractivity contribution < 1.29 is 17.0 Å². The molecule has 2 rings (SSSR count). The number of benzene rings is 1. The number of rotatable bonds is 3. The molecule has 1 heterocycles. The van der Waals surface area contributed by atoms with Gasteiger partial charge in [-0.05, 0) is 13.0 Å². The zero-order valence-electron chi connectivity index (χ0n) is 8.98. The molecule has 2 aromatic rings. The lowest BCUT2D eigenvalue weighted by Crippen LogP contribution is -3.00. The maximum absolute atomic E-state index is 6.07. The predicted molar refractivity (Wildman–Crippen MR) is 58.7 cm³/mol. The first-order valence-electron chi connectivity index (χ1n) is 4.94. The molecule has 0 fully saturated rings. The number of hydrogen-bond donors (Lipinski definition) is 0. The second kappa shape index (κ2) is 5.87. The van der Waals surface area contributed by atoms with E-state index in [0.29, 0.717) is 0 Å². The molecular weight excluding hydrogens is 245 g/mol. The van der Waals surface area contributed by atoms with Crippen LogP contribution in [0.15, 0.2) is 36.9 Å². The van der Waals surface area contributed by atoms with Gasteiger partial charge in [-0.25, -0.2) is 4.57 Å². The summed E-state index contributed by atoms with van der Waals surface area (Å²) in [6.45, 7) is 3.71. The highest BCUT2D eigenvalue weighted by Crippen LogP contribution is 2.13. The Bertz CT molecular complexity index is 454. The molecule has 0 aliphatic heterocycles. The average molecular weight is 258 g/mol. The second-order valence-electron chi connectivity index (χ2n) is 3.37. The van der Waals surface area contributed by atoms with Gasteiger partial charge in [0.1, 0.15) is 6.54 Å². The van der Waals surface area contributed by atoms with Crippen LogP contribution >= 0.6 is 11.6 Å². The molecular formula is C11H13Cl2N3. The van der Waals surface area contributed by atoms with E-state index in [4.69, 9.17) is 11.6 Å². The molecule has 0 saturated carbocycles. The second-order valence-corrected chi connectivity index (χ2v) is 3.77. The van der Waals surface area contributed by atoms with Gasteiger partial charge in [-0.1, -0.05) is 29.8 Å². The van der Waals surface area contributed by atoms with E-state index in [-0.39, 0.29) is 12.4 Å². The fraction of sp³-hybridized carbons (Fsp3) is 0.273. The Balaban J connectivity index is 0.00000128. The maximum atomic E-state index is 6.07. The van der Waals surface area contributed by atoms with E-state index in [2.05, 4.69) is 12.0 Å². The Morgan fingerprint density at radius 2 is 2.12 bits per heavy atom. The fourth-order valence-corrected chi connectivity index (χ4v) is 1.63. The lowest BCUT2D eigenvalue weighted by atomic mass is 10.2. The van der Waals surface area contributed by atoms with E-state index in [1.54, 1.807) is 0 Å². The van der Waals surface area contributed by atoms with Gasteiger partial charge in [0.25, 0.3) is 6.33 Å². The van der Waals surface area contributed by atoms with Crippen LogP contribution < -0.4 is 17.0 Å². The van der Waals surface area contributed by atoms with Gasteiger partial charge in [0.2, 0.25) is 6.33 Å². The Hall–Kier alpha value is -1.06. The Morgan fingerprint density at radius 1 is 1.38 bits per heavy atom. The normalized spacial score (nSPS) is 9.88. The molecule has 0 aliphatic rings. The first-order chi connectivity index (χ1) is 7.29. The van der Waals surface area contributed by atoms with Crippen molar-refractivity contribution in [2.45, 2.75) is 20.0 Å². The molecule has 0 unspecified atom stereocenters. The molecule has 0 N–H and O–H groups in total. The largest absolute Gasteiger partial charge is 1.00 e. The van der Waals surface area contributed by atoms with Crippen LogP contribution in [0.3, 0.4) is 0 Å². The summed E-state index contributed by atoms with van der Waals surface area (Å²) in [5.41, 5.74) is 1.11. The zero-order chi connectivity index (χ0) is 10.7. The van der Waals surface area contributed by atoms with Gasteiger partial charge in [0.15, 0.2) is 0 Å². The summed E-state index contributed by atoms with van der Waals surface area (Å²) in [6, 6.07) is 7.86. The molecule has 0 amide bonds. The monoisotopic (exact) mass is 257 g/mol. The number of aryl methyl sites for hydroxylation is 1. The van der Waals surface area contributed by atoms with E-state index in [0.717, 1.165) is 23.7 Å². The fourth-order valence-electron chi connectivity index (χ4n) is 1.43. The van der Waals surface area contributed by atoms with Crippen LogP contribution in [0.1, 0.15) is 12.5 Å². The third-order valence-electron chi connectivity index (χ3n) is 2.26. The van der Waals surface area contributed by atoms with Crippen LogP contribution in [-0.4, -0.2) is 9.78 Å². The van der Waals surface area contributed by atoms with Crippen LogP contribution in [0.5, 0.6) is 0 Å². The molecule has 0 bridgehead atoms. The van der Waals surface area contributed by atoms with Crippen LogP contribution in [0.2, 0.25) is 5.02 Å². The van der Waals surface area contributed by atoms with E-state index < -0.39 is 0 Å². The van der Waals surface area contributed by atoms with Crippen molar-refractivity contribution in [3.8, 4) is 0 Å². The topological polar surface area (TPSA) is 21.7 Å². The Kier molecular flexibility index (Phi) is 4.77. The van der Waals surface area contributed by atoms with E-state index in [1.807, 2.05) is 46.2 Å². The molecule has 16 heavy (non-hydrogen) atoms. The van der Waals surface area contributed by atoms with Crippen LogP contribution in [0.4, 0.5) is 0 Å². The minimum atomic E-state index is 0. The van der Waals surface area contributed by atoms with E-state index in [9.17, 15) is 0 Å². The van der Waals surface area contributed by atoms with Gasteiger partial charge in [0, 0.05) is 15.7 Å². The average Bonchev–Trinajstić information content (AvgIpc) is 2.69. The molecule has 3 nitrogen and oxygen atoms in total. The van der Waals surface area contributed by atoms with E-state index >= 15 is 0 Å². The van der Waals surface area contributed by atoms with E-state index in [1.165, 1.54) is 0 Å². The molecule has 86 valence electrons. The quantitative estimate of drug-likeness (QED) is 0.640. The highest BCUT2D eigenvalue weighted by atomic mass is 35.5. The van der Waals surface area contributed by atoms with Crippen LogP contribution in [0.25, 0.3) is 0 Å². The zero-order valence-corrected chi connectivity index (χ0v) is 10.5. The van der Waals surface area contributed by atoms with Crippen LogP contribution in [0, 0.1) is 0 Å². The summed E-state index contributed by atoms with van der Waals surface area (Å²) in [5, 5.41) is 5.00. The number of nitrogens with zero attached hydrogens (tertiary/aromatic N) is 3. The molecule has 0 saturated heterocycles. The van der Waals surface area contributed by atoms with Gasteiger partial charge < -0.3 is 12.4 Å². The van der Waals surface area contributed by atoms with Crippen molar-refractivity contribution in [1.82, 2.24) is 9.78 Å². The number of hydrogen-bond acceptors (Lipinski definition) is 1. The highest BCUT2D eigenvalue weighted by Gasteiger charge is 2.06. The third-order valence-corrected chi connectivity index (χ3v) is 2.63. The number of aromatic nitrogens is 3. The van der Waals surface area contributed by atoms with Crippen molar-refractivity contribution in [2.24, 2.45) is 0 Å². The minimum Gasteiger partial charge on any atom is -1.00 e. The van der Waals surface area contributed by atoms with Gasteiger partial charge in [-0.3, -0.25) is 0 Å². The van der Waals surface area contributed by atoms with Crippen molar-refractivity contribution in [3.05, 3.63) is 47.5 Å². The van der Waals surface area contributed by atoms with Crippen molar-refractivity contribution in [3.63, 3.8) is 0 Å². The van der Waals surface area contributed by atoms with Crippen molar-refractivity contribution in [1.29, 1.82) is 0 Å². The first kappa shape index (κ1) is 13.0. The summed E-state index contributed by atoms with van der Waals surface area (Å²) >= 11 is 6.07. The first-order valence-corrected chi connectivity index (χ1v) is 5.32. The molecule has 1 aromatic carbocycles. The summed E-state index contributed by atoms with van der Waals surface area (Å²) in [7, 11) is 0. The van der Waals surface area contributed by atoms with Crippen LogP contribution in [-0.2, 0) is 13.1 Å². The van der Waals surface area contributed by atoms with Crippen molar-refractivity contribution >= 4 is 11.6 Å². The molecule has 0 aliphatic carbocycles. The molecule has 0 atom stereocenters. The minimum absolute atomic E-state index is 0. The van der Waals surface area contributed by atoms with Crippen molar-refractivity contribution in [2.75, 3.05) is 0 Å². The predicted octanol–water partition coefficient (Wildman–Crippen LogP) is -1.10. The molecule has 1 aromatic heterocycles. The maximum Gasteiger partial charge on any atom is 0.265 e. The third kappa shape index (κ3) is 2.97. The summed E-state index contributed by atoms with van der Waals surface area (Å²) in [5.74, 6) is 0. The summed E-state index contributed by atoms with van der Waals surface area (Å²) in [6.07, 6.45) is 3.79. The van der Waals surface area contributed by atoms with Gasteiger partial charge in [-0.2, -0.15) is 0 Å². The standard InChI is InChI=1S/C11H13ClN3.ClH/c1-2-15-9-14(8-13-15)7-10-5-3-4-6-11(10)12;/h3-6,8-9H,2,7H2,1H3;1H/q+1;/p-1. The molecule has 0 spiro atoms. The van der Waals surface area contributed by atoms with Gasteiger partial charge in [-0.15, -0.1) is 4.68 Å². The summed E-state index contributed by atoms with van der Waals surface area (Å²) in [4.78, 5) is 0. The lowest BCUT2D eigenvalue weighted by molar-refractivity contribution is -0.689. The Morgan fingerprint density at radius 3 is 2.75 bits per heavy atom. The Labute approximate surface area is 106 Å². The van der Waals surface area contributed by atoms with Gasteiger partial charge in [0.05, 0.1) is 6.54 Å². The molecule has 5 heteroatoms. The van der Waals surface area contributed by atoms with Gasteiger partial charge >= 0.3 is 0 Å².